The molecule has 0 saturated carbocycles. The molecule has 0 aliphatic carbocycles. The van der Waals surface area contributed by atoms with E-state index in [-0.39, 0.29) is 30.8 Å². The van der Waals surface area contributed by atoms with E-state index in [9.17, 15) is 13.2 Å². The lowest BCUT2D eigenvalue weighted by molar-refractivity contribution is -0.121. The summed E-state index contributed by atoms with van der Waals surface area (Å²) >= 11 is 1.21. The van der Waals surface area contributed by atoms with E-state index in [0.29, 0.717) is 17.3 Å². The maximum Gasteiger partial charge on any atom is 0.252 e. The van der Waals surface area contributed by atoms with Crippen molar-refractivity contribution < 1.29 is 13.2 Å². The molecule has 1 amide bonds. The molecule has 24 heavy (non-hydrogen) atoms. The van der Waals surface area contributed by atoms with Crippen LogP contribution in [0.3, 0.4) is 0 Å². The summed E-state index contributed by atoms with van der Waals surface area (Å²) in [6.07, 6.45) is 4.17. The number of carbonyl (C=O) groups excluding carboxylic acids is 1. The zero-order valence-electron chi connectivity index (χ0n) is 13.5. The first-order valence-corrected chi connectivity index (χ1v) is 10.4. The van der Waals surface area contributed by atoms with Gasteiger partial charge in [-0.2, -0.15) is 4.31 Å². The fourth-order valence-electron chi connectivity index (χ4n) is 3.06. The first-order chi connectivity index (χ1) is 11.1. The Morgan fingerprint density at radius 2 is 2.04 bits per heavy atom. The Morgan fingerprint density at radius 3 is 2.71 bits per heavy atom. The van der Waals surface area contributed by atoms with Crippen LogP contribution in [-0.2, 0) is 21.2 Å². The fourth-order valence-corrected chi connectivity index (χ4v) is 6.09. The van der Waals surface area contributed by atoms with Gasteiger partial charge >= 0.3 is 0 Å². The number of sulfonamides is 1. The molecule has 0 unspecified atom stereocenters. The highest BCUT2D eigenvalue weighted by molar-refractivity contribution is 7.91. The summed E-state index contributed by atoms with van der Waals surface area (Å²) in [5, 5.41) is 6.28. The lowest BCUT2D eigenvalue weighted by atomic mass is 10.1. The number of hydrogen-bond acceptors (Lipinski definition) is 5. The molecule has 0 radical (unpaired) electrons. The van der Waals surface area contributed by atoms with Gasteiger partial charge in [-0.25, -0.2) is 8.42 Å². The van der Waals surface area contributed by atoms with Crippen molar-refractivity contribution in [2.75, 3.05) is 26.2 Å². The van der Waals surface area contributed by atoms with Crippen molar-refractivity contribution in [2.24, 2.45) is 0 Å². The monoisotopic (exact) mass is 393 g/mol. The highest BCUT2D eigenvalue weighted by Gasteiger charge is 2.28. The topological polar surface area (TPSA) is 78.5 Å². The lowest BCUT2D eigenvalue weighted by Gasteiger charge is -2.23. The van der Waals surface area contributed by atoms with E-state index >= 15 is 0 Å². The lowest BCUT2D eigenvalue weighted by Crippen LogP contribution is -2.46. The molecule has 2 aliphatic heterocycles. The average Bonchev–Trinajstić information content (AvgIpc) is 3.20. The van der Waals surface area contributed by atoms with Gasteiger partial charge in [-0.05, 0) is 44.4 Å². The molecule has 9 heteroatoms. The van der Waals surface area contributed by atoms with Crippen molar-refractivity contribution in [2.45, 2.75) is 42.4 Å². The van der Waals surface area contributed by atoms with Crippen molar-refractivity contribution in [3.8, 4) is 0 Å². The normalized spacial score (nSPS) is 22.1. The number of hydrogen-bond donors (Lipinski definition) is 2. The molecule has 1 aromatic heterocycles. The number of nitrogens with zero attached hydrogens (tertiary/aromatic N) is 1. The van der Waals surface area contributed by atoms with Gasteiger partial charge in [-0.1, -0.05) is 0 Å². The highest BCUT2D eigenvalue weighted by atomic mass is 35.5. The minimum Gasteiger partial charge on any atom is -0.352 e. The van der Waals surface area contributed by atoms with Crippen molar-refractivity contribution >= 4 is 39.7 Å². The third-order valence-electron chi connectivity index (χ3n) is 4.29. The average molecular weight is 394 g/mol. The predicted octanol–water partition coefficient (Wildman–Crippen LogP) is 1.37. The van der Waals surface area contributed by atoms with Gasteiger partial charge in [0.15, 0.2) is 0 Å². The van der Waals surface area contributed by atoms with Gasteiger partial charge in [0.1, 0.15) is 4.21 Å². The molecule has 2 N–H and O–H groups in total. The molecule has 1 aromatic rings. The van der Waals surface area contributed by atoms with Crippen LogP contribution >= 0.6 is 23.7 Å². The van der Waals surface area contributed by atoms with Gasteiger partial charge < -0.3 is 10.6 Å². The van der Waals surface area contributed by atoms with Gasteiger partial charge in [0.25, 0.3) is 10.0 Å². The summed E-state index contributed by atoms with van der Waals surface area (Å²) in [7, 11) is -3.37. The standard InChI is InChI=1S/C15H23N3O3S2.ClH/c19-14(17-12-4-3-7-16-11-12)10-13-5-6-15(22-13)23(20,21)18-8-1-2-9-18;/h5-6,12,16H,1-4,7-11H2,(H,17,19);1H/t12-;/m0./s1. The molecule has 6 nitrogen and oxygen atoms in total. The number of amides is 1. The summed E-state index contributed by atoms with van der Waals surface area (Å²) in [4.78, 5) is 12.9. The summed E-state index contributed by atoms with van der Waals surface area (Å²) < 4.78 is 26.8. The summed E-state index contributed by atoms with van der Waals surface area (Å²) in [6, 6.07) is 3.57. The van der Waals surface area contributed by atoms with Crippen LogP contribution in [0, 0.1) is 0 Å². The van der Waals surface area contributed by atoms with E-state index in [2.05, 4.69) is 10.6 Å². The maximum atomic E-state index is 12.5. The van der Waals surface area contributed by atoms with E-state index in [1.807, 2.05) is 0 Å². The van der Waals surface area contributed by atoms with Crippen LogP contribution in [-0.4, -0.2) is 50.9 Å². The van der Waals surface area contributed by atoms with Gasteiger partial charge in [-0.15, -0.1) is 23.7 Å². The minimum atomic E-state index is -3.37. The quantitative estimate of drug-likeness (QED) is 0.791. The second-order valence-electron chi connectivity index (χ2n) is 6.12. The molecule has 1 atom stereocenters. The van der Waals surface area contributed by atoms with Crippen LogP contribution in [0.2, 0.25) is 0 Å². The van der Waals surface area contributed by atoms with Crippen molar-refractivity contribution in [3.05, 3.63) is 17.0 Å². The van der Waals surface area contributed by atoms with Crippen LogP contribution in [0.15, 0.2) is 16.3 Å². The largest absolute Gasteiger partial charge is 0.352 e. The van der Waals surface area contributed by atoms with Crippen LogP contribution in [0.5, 0.6) is 0 Å². The third-order valence-corrected chi connectivity index (χ3v) is 7.74. The van der Waals surface area contributed by atoms with Crippen LogP contribution in [0.25, 0.3) is 0 Å². The van der Waals surface area contributed by atoms with Crippen LogP contribution < -0.4 is 10.6 Å². The molecule has 3 rings (SSSR count). The predicted molar refractivity (Wildman–Crippen MR) is 97.3 cm³/mol. The molecule has 2 saturated heterocycles. The number of piperidine rings is 1. The van der Waals surface area contributed by atoms with Gasteiger partial charge in [-0.3, -0.25) is 4.79 Å². The molecule has 136 valence electrons. The Balaban J connectivity index is 0.00000208. The smallest absolute Gasteiger partial charge is 0.252 e. The molecule has 3 heterocycles. The minimum absolute atomic E-state index is 0. The van der Waals surface area contributed by atoms with E-state index in [1.165, 1.54) is 15.6 Å². The van der Waals surface area contributed by atoms with Gasteiger partial charge in [0.05, 0.1) is 6.42 Å². The van der Waals surface area contributed by atoms with Crippen molar-refractivity contribution in [1.29, 1.82) is 0 Å². The Hall–Kier alpha value is -0.670. The van der Waals surface area contributed by atoms with E-state index < -0.39 is 10.0 Å². The van der Waals surface area contributed by atoms with E-state index in [1.54, 1.807) is 12.1 Å². The van der Waals surface area contributed by atoms with E-state index in [0.717, 1.165) is 43.6 Å². The fraction of sp³-hybridized carbons (Fsp3) is 0.667. The molecule has 2 fully saturated rings. The van der Waals surface area contributed by atoms with Crippen LogP contribution in [0.4, 0.5) is 0 Å². The zero-order valence-corrected chi connectivity index (χ0v) is 15.9. The Kier molecular flexibility index (Phi) is 7.06. The molecule has 0 aromatic carbocycles. The first kappa shape index (κ1) is 19.7. The number of rotatable bonds is 5. The Labute approximate surface area is 153 Å². The van der Waals surface area contributed by atoms with Gasteiger partial charge in [0.2, 0.25) is 5.91 Å². The van der Waals surface area contributed by atoms with Crippen molar-refractivity contribution in [3.63, 3.8) is 0 Å². The Morgan fingerprint density at radius 1 is 1.29 bits per heavy atom. The summed E-state index contributed by atoms with van der Waals surface area (Å²) in [5.74, 6) is -0.0364. The number of nitrogens with one attached hydrogen (secondary N) is 2. The molecule has 0 bridgehead atoms. The zero-order chi connectivity index (χ0) is 16.3. The second-order valence-corrected chi connectivity index (χ2v) is 9.45. The maximum absolute atomic E-state index is 12.5. The first-order valence-electron chi connectivity index (χ1n) is 8.14. The molecule has 0 spiro atoms. The van der Waals surface area contributed by atoms with Crippen molar-refractivity contribution in [1.82, 2.24) is 14.9 Å². The summed E-state index contributed by atoms with van der Waals surface area (Å²) in [6.45, 7) is 3.02. The van der Waals surface area contributed by atoms with Crippen LogP contribution in [0.1, 0.15) is 30.6 Å². The Bertz CT molecular complexity index is 651. The molecular weight excluding hydrogens is 370 g/mol. The van der Waals surface area contributed by atoms with Gasteiger partial charge in [0, 0.05) is 30.6 Å². The number of carbonyl (C=O) groups is 1. The molecule has 2 aliphatic rings. The number of thiophene rings is 1. The summed E-state index contributed by atoms with van der Waals surface area (Å²) in [5.41, 5.74) is 0. The molecular formula is C15H24ClN3O3S2. The SMILES string of the molecule is Cl.O=C(Cc1ccc(S(=O)(=O)N2CCCC2)s1)N[C@H]1CCCNC1. The number of halogens is 1. The highest BCUT2D eigenvalue weighted by Crippen LogP contribution is 2.27. The third kappa shape index (κ3) is 4.70. The second kappa shape index (κ2) is 8.62. The van der Waals surface area contributed by atoms with E-state index in [4.69, 9.17) is 0 Å².